The van der Waals surface area contributed by atoms with E-state index >= 15 is 0 Å². The van der Waals surface area contributed by atoms with E-state index in [2.05, 4.69) is 12.2 Å². The Balaban J connectivity index is 2.01. The molecule has 0 spiro atoms. The first-order chi connectivity index (χ1) is 12.0. The van der Waals surface area contributed by atoms with E-state index in [0.717, 1.165) is 37.1 Å². The Labute approximate surface area is 150 Å². The van der Waals surface area contributed by atoms with Gasteiger partial charge in [-0.2, -0.15) is 0 Å². The number of carbonyl (C=O) groups is 2. The molecule has 1 aromatic carbocycles. The third-order valence-corrected chi connectivity index (χ3v) is 4.37. The summed E-state index contributed by atoms with van der Waals surface area (Å²) in [5, 5.41) is 2.90. The normalized spacial score (nSPS) is 18.8. The van der Waals surface area contributed by atoms with Crippen LogP contribution in [0, 0.1) is 0 Å². The van der Waals surface area contributed by atoms with Crippen LogP contribution in [0.2, 0.25) is 0 Å². The highest BCUT2D eigenvalue weighted by Crippen LogP contribution is 2.22. The fourth-order valence-corrected chi connectivity index (χ4v) is 2.87. The molecule has 5 heteroatoms. The van der Waals surface area contributed by atoms with Crippen LogP contribution in [0.5, 0.6) is 5.75 Å². The van der Waals surface area contributed by atoms with Gasteiger partial charge in [0, 0.05) is 37.7 Å². The van der Waals surface area contributed by atoms with Crippen molar-refractivity contribution >= 4 is 17.9 Å². The number of para-hydroxylation sites is 1. The van der Waals surface area contributed by atoms with Crippen LogP contribution in [0.15, 0.2) is 30.3 Å². The van der Waals surface area contributed by atoms with Crippen molar-refractivity contribution in [3.8, 4) is 5.75 Å². The molecule has 0 aliphatic carbocycles. The van der Waals surface area contributed by atoms with Crippen LogP contribution >= 0.6 is 0 Å². The summed E-state index contributed by atoms with van der Waals surface area (Å²) in [6.45, 7) is 6.91. The van der Waals surface area contributed by atoms with Crippen molar-refractivity contribution in [2.24, 2.45) is 0 Å². The zero-order valence-electron chi connectivity index (χ0n) is 15.3. The van der Waals surface area contributed by atoms with Crippen molar-refractivity contribution in [3.63, 3.8) is 0 Å². The largest absolute Gasteiger partial charge is 0.490 e. The molecule has 25 heavy (non-hydrogen) atoms. The maximum atomic E-state index is 12.5. The number of hydrogen-bond acceptors (Lipinski definition) is 3. The maximum absolute atomic E-state index is 12.5. The van der Waals surface area contributed by atoms with Crippen molar-refractivity contribution in [3.05, 3.63) is 35.9 Å². The van der Waals surface area contributed by atoms with Gasteiger partial charge in [0.1, 0.15) is 5.75 Å². The number of nitrogens with zero attached hydrogens (tertiary/aromatic N) is 1. The van der Waals surface area contributed by atoms with Gasteiger partial charge in [0.2, 0.25) is 11.8 Å². The van der Waals surface area contributed by atoms with Crippen molar-refractivity contribution in [1.29, 1.82) is 0 Å². The third-order valence-electron chi connectivity index (χ3n) is 4.37. The number of carbonyl (C=O) groups excluding carboxylic acids is 2. The van der Waals surface area contributed by atoms with Crippen LogP contribution in [0.3, 0.4) is 0 Å². The van der Waals surface area contributed by atoms with Crippen molar-refractivity contribution < 1.29 is 14.3 Å². The first-order valence-corrected chi connectivity index (χ1v) is 8.99. The lowest BCUT2D eigenvalue weighted by atomic mass is 10.1. The van der Waals surface area contributed by atoms with Crippen molar-refractivity contribution in [1.82, 2.24) is 10.2 Å². The molecule has 136 valence electrons. The van der Waals surface area contributed by atoms with E-state index in [0.29, 0.717) is 6.54 Å². The molecule has 2 amide bonds. The summed E-state index contributed by atoms with van der Waals surface area (Å²) in [7, 11) is 0. The van der Waals surface area contributed by atoms with E-state index in [1.54, 1.807) is 11.0 Å². The minimum absolute atomic E-state index is 0.0339. The summed E-state index contributed by atoms with van der Waals surface area (Å²) in [5.41, 5.74) is 0.895. The van der Waals surface area contributed by atoms with Gasteiger partial charge in [0.25, 0.3) is 0 Å². The molecule has 0 unspecified atom stereocenters. The molecule has 2 rings (SSSR count). The van der Waals surface area contributed by atoms with Gasteiger partial charge in [-0.05, 0) is 38.3 Å². The Morgan fingerprint density at radius 3 is 2.88 bits per heavy atom. The highest BCUT2D eigenvalue weighted by molar-refractivity contribution is 5.92. The molecule has 0 radical (unpaired) electrons. The average Bonchev–Trinajstić information content (AvgIpc) is 2.60. The second kappa shape index (κ2) is 9.25. The second-order valence-corrected chi connectivity index (χ2v) is 6.53. The molecule has 0 bridgehead atoms. The number of hydrogen-bond donors (Lipinski definition) is 1. The Morgan fingerprint density at radius 1 is 1.40 bits per heavy atom. The van der Waals surface area contributed by atoms with Crippen LogP contribution in [0.1, 0.15) is 45.6 Å². The van der Waals surface area contributed by atoms with Gasteiger partial charge in [0.15, 0.2) is 0 Å². The van der Waals surface area contributed by atoms with E-state index < -0.39 is 0 Å². The fourth-order valence-electron chi connectivity index (χ4n) is 2.87. The summed E-state index contributed by atoms with van der Waals surface area (Å²) >= 11 is 0. The van der Waals surface area contributed by atoms with Crippen LogP contribution in [-0.2, 0) is 9.59 Å². The Hall–Kier alpha value is -2.30. The molecule has 2 atom stereocenters. The van der Waals surface area contributed by atoms with Crippen LogP contribution in [0.25, 0.3) is 6.08 Å². The molecule has 1 N–H and O–H groups in total. The lowest BCUT2D eigenvalue weighted by Gasteiger charge is -2.32. The lowest BCUT2D eigenvalue weighted by molar-refractivity contribution is -0.128. The number of amides is 2. The molecule has 5 nitrogen and oxygen atoms in total. The third kappa shape index (κ3) is 5.93. The first-order valence-electron chi connectivity index (χ1n) is 8.99. The highest BCUT2D eigenvalue weighted by atomic mass is 16.5. The topological polar surface area (TPSA) is 58.6 Å². The lowest BCUT2D eigenvalue weighted by Crippen LogP contribution is -2.48. The van der Waals surface area contributed by atoms with Gasteiger partial charge in [-0.3, -0.25) is 9.59 Å². The maximum Gasteiger partial charge on any atom is 0.246 e. The van der Waals surface area contributed by atoms with Gasteiger partial charge in [-0.1, -0.05) is 25.1 Å². The number of piperidine rings is 1. The number of rotatable bonds is 6. The second-order valence-electron chi connectivity index (χ2n) is 6.53. The molecule has 1 fully saturated rings. The summed E-state index contributed by atoms with van der Waals surface area (Å²) in [5.74, 6) is 0.704. The van der Waals surface area contributed by atoms with E-state index in [-0.39, 0.29) is 24.0 Å². The molecule has 0 saturated carbocycles. The summed E-state index contributed by atoms with van der Waals surface area (Å²) in [4.78, 5) is 25.5. The van der Waals surface area contributed by atoms with Gasteiger partial charge >= 0.3 is 0 Å². The number of ether oxygens (including phenoxy) is 1. The Morgan fingerprint density at radius 2 is 2.16 bits per heavy atom. The molecule has 1 aliphatic heterocycles. The Bertz CT molecular complexity index is 627. The highest BCUT2D eigenvalue weighted by Gasteiger charge is 2.22. The van der Waals surface area contributed by atoms with Crippen LogP contribution < -0.4 is 10.1 Å². The fraction of sp³-hybridized carbons (Fsp3) is 0.500. The zero-order valence-corrected chi connectivity index (χ0v) is 15.3. The molecular weight excluding hydrogens is 316 g/mol. The van der Waals surface area contributed by atoms with E-state index in [9.17, 15) is 9.59 Å². The van der Waals surface area contributed by atoms with E-state index in [1.807, 2.05) is 37.3 Å². The molecular formula is C20H28N2O3. The van der Waals surface area contributed by atoms with E-state index in [4.69, 9.17) is 4.74 Å². The van der Waals surface area contributed by atoms with Crippen molar-refractivity contribution in [2.45, 2.75) is 52.2 Å². The number of likely N-dealkylation sites (tertiary alicyclic amines) is 1. The Kier molecular flexibility index (Phi) is 7.04. The summed E-state index contributed by atoms with van der Waals surface area (Å²) in [6.07, 6.45) is 6.27. The van der Waals surface area contributed by atoms with Crippen molar-refractivity contribution in [2.75, 3.05) is 13.1 Å². The quantitative estimate of drug-likeness (QED) is 0.807. The van der Waals surface area contributed by atoms with Crippen LogP contribution in [0.4, 0.5) is 0 Å². The van der Waals surface area contributed by atoms with Gasteiger partial charge in [-0.15, -0.1) is 0 Å². The SMILES string of the molecule is CC[C@H](C)Oc1ccccc1/C=C/C(=O)N1CCC[C@@H](NC(C)=O)C1. The minimum atomic E-state index is -0.0500. The van der Waals surface area contributed by atoms with Crippen LogP contribution in [-0.4, -0.2) is 41.9 Å². The first kappa shape index (κ1) is 19.0. The summed E-state index contributed by atoms with van der Waals surface area (Å²) < 4.78 is 5.91. The predicted molar refractivity (Wildman–Crippen MR) is 99.3 cm³/mol. The van der Waals surface area contributed by atoms with Gasteiger partial charge in [-0.25, -0.2) is 0 Å². The molecule has 1 heterocycles. The zero-order chi connectivity index (χ0) is 18.2. The van der Waals surface area contributed by atoms with E-state index in [1.165, 1.54) is 6.92 Å². The molecule has 1 aliphatic rings. The number of nitrogens with one attached hydrogen (secondary N) is 1. The monoisotopic (exact) mass is 344 g/mol. The minimum Gasteiger partial charge on any atom is -0.490 e. The predicted octanol–water partition coefficient (Wildman–Crippen LogP) is 3.00. The standard InChI is InChI=1S/C20H28N2O3/c1-4-15(2)25-19-10-6-5-8-17(19)11-12-20(24)22-13-7-9-18(14-22)21-16(3)23/h5-6,8,10-12,15,18H,4,7,9,13-14H2,1-3H3,(H,21,23)/b12-11+/t15-,18+/m0/s1. The molecule has 0 aromatic heterocycles. The number of benzene rings is 1. The smallest absolute Gasteiger partial charge is 0.246 e. The van der Waals surface area contributed by atoms with Gasteiger partial charge in [0.05, 0.1) is 6.10 Å². The molecule has 1 aromatic rings. The molecule has 1 saturated heterocycles. The summed E-state index contributed by atoms with van der Waals surface area (Å²) in [6, 6.07) is 7.77. The average molecular weight is 344 g/mol. The van der Waals surface area contributed by atoms with Gasteiger partial charge < -0.3 is 15.0 Å².